The largest absolute Gasteiger partial charge is 0.454 e. The molecular weight excluding hydrogens is 416 g/mol. The Kier molecular flexibility index (Phi) is 5.63. The Morgan fingerprint density at radius 1 is 0.969 bits per heavy atom. The molecule has 9 heteroatoms. The smallest absolute Gasteiger partial charge is 0.338 e. The summed E-state index contributed by atoms with van der Waals surface area (Å²) in [6, 6.07) is 10.9. The highest BCUT2D eigenvalue weighted by molar-refractivity contribution is 6.22. The van der Waals surface area contributed by atoms with Crippen molar-refractivity contribution in [3.05, 3.63) is 81.9 Å². The molecule has 0 N–H and O–H groups in total. The van der Waals surface area contributed by atoms with Crippen LogP contribution in [-0.4, -0.2) is 35.1 Å². The average Bonchev–Trinajstić information content (AvgIpc) is 3.07. The lowest BCUT2D eigenvalue weighted by Gasteiger charge is -2.15. The number of imide groups is 1. The second kappa shape index (κ2) is 8.54. The van der Waals surface area contributed by atoms with Gasteiger partial charge < -0.3 is 4.74 Å². The van der Waals surface area contributed by atoms with Gasteiger partial charge in [-0.3, -0.25) is 29.4 Å². The van der Waals surface area contributed by atoms with Crippen LogP contribution in [0.1, 0.15) is 33.6 Å². The van der Waals surface area contributed by atoms with Crippen molar-refractivity contribution in [3.63, 3.8) is 0 Å². The van der Waals surface area contributed by atoms with Crippen molar-refractivity contribution in [3.8, 4) is 0 Å². The molecule has 1 fully saturated rings. The van der Waals surface area contributed by atoms with Crippen LogP contribution >= 0.6 is 0 Å². The second-order valence-electron chi connectivity index (χ2n) is 7.52. The number of amides is 2. The van der Waals surface area contributed by atoms with E-state index in [2.05, 4.69) is 0 Å². The van der Waals surface area contributed by atoms with Gasteiger partial charge in [0.1, 0.15) is 0 Å². The number of allylic oxidation sites excluding steroid dienone is 2. The van der Waals surface area contributed by atoms with E-state index in [1.54, 1.807) is 6.07 Å². The third-order valence-corrected chi connectivity index (χ3v) is 5.58. The number of nitrogens with zero attached hydrogens (tertiary/aromatic N) is 2. The molecule has 2 aromatic carbocycles. The molecule has 0 bridgehead atoms. The van der Waals surface area contributed by atoms with Crippen molar-refractivity contribution in [2.45, 2.75) is 12.8 Å². The quantitative estimate of drug-likeness (QED) is 0.171. The van der Waals surface area contributed by atoms with E-state index in [0.29, 0.717) is 12.8 Å². The first-order chi connectivity index (χ1) is 15.4. The van der Waals surface area contributed by atoms with Gasteiger partial charge >= 0.3 is 5.97 Å². The van der Waals surface area contributed by atoms with Crippen LogP contribution in [0.4, 0.5) is 11.4 Å². The van der Waals surface area contributed by atoms with Crippen molar-refractivity contribution in [2.75, 3.05) is 11.5 Å². The molecule has 2 atom stereocenters. The van der Waals surface area contributed by atoms with E-state index >= 15 is 0 Å². The Balaban J connectivity index is 1.43. The molecule has 2 amide bonds. The maximum absolute atomic E-state index is 12.7. The van der Waals surface area contributed by atoms with Gasteiger partial charge in [0.25, 0.3) is 5.69 Å². The van der Waals surface area contributed by atoms with Gasteiger partial charge in [-0.15, -0.1) is 0 Å². The molecule has 1 saturated heterocycles. The van der Waals surface area contributed by atoms with Crippen LogP contribution in [0.5, 0.6) is 0 Å². The first-order valence-corrected chi connectivity index (χ1v) is 9.94. The first-order valence-electron chi connectivity index (χ1n) is 9.94. The highest BCUT2D eigenvalue weighted by Crippen LogP contribution is 2.37. The minimum atomic E-state index is -0.791. The fourth-order valence-electron chi connectivity index (χ4n) is 3.89. The molecule has 2 aromatic rings. The number of rotatable bonds is 6. The number of nitro groups is 1. The second-order valence-corrected chi connectivity index (χ2v) is 7.52. The number of fused-ring (bicyclic) bond motifs is 1. The number of non-ortho nitro benzene ring substituents is 1. The summed E-state index contributed by atoms with van der Waals surface area (Å²) in [6.45, 7) is -0.557. The Labute approximate surface area is 182 Å². The number of hydrogen-bond donors (Lipinski definition) is 0. The lowest BCUT2D eigenvalue weighted by atomic mass is 9.85. The van der Waals surface area contributed by atoms with E-state index in [0.717, 1.165) is 4.90 Å². The fourth-order valence-corrected chi connectivity index (χ4v) is 3.89. The van der Waals surface area contributed by atoms with Crippen molar-refractivity contribution in [2.24, 2.45) is 11.8 Å². The Morgan fingerprint density at radius 2 is 1.59 bits per heavy atom. The van der Waals surface area contributed by atoms with E-state index in [1.165, 1.54) is 42.5 Å². The van der Waals surface area contributed by atoms with Gasteiger partial charge in [0.15, 0.2) is 12.4 Å². The number of benzene rings is 2. The number of nitro benzene ring substituents is 1. The molecule has 1 heterocycles. The molecule has 32 heavy (non-hydrogen) atoms. The highest BCUT2D eigenvalue weighted by Gasteiger charge is 2.47. The third kappa shape index (κ3) is 3.92. The summed E-state index contributed by atoms with van der Waals surface area (Å²) in [5.41, 5.74) is 0.386. The molecule has 1 aliphatic heterocycles. The summed E-state index contributed by atoms with van der Waals surface area (Å²) in [7, 11) is 0. The predicted octanol–water partition coefficient (Wildman–Crippen LogP) is 3.09. The zero-order chi connectivity index (χ0) is 22.8. The summed E-state index contributed by atoms with van der Waals surface area (Å²) in [6.07, 6.45) is 4.81. The molecule has 0 spiro atoms. The molecule has 0 aromatic heterocycles. The van der Waals surface area contributed by atoms with E-state index in [1.807, 2.05) is 12.2 Å². The summed E-state index contributed by atoms with van der Waals surface area (Å²) < 4.78 is 5.07. The molecule has 2 aliphatic rings. The first kappa shape index (κ1) is 21.1. The average molecular weight is 434 g/mol. The van der Waals surface area contributed by atoms with Crippen molar-refractivity contribution in [1.29, 1.82) is 0 Å². The summed E-state index contributed by atoms with van der Waals surface area (Å²) in [5, 5.41) is 10.7. The molecule has 1 aliphatic carbocycles. The van der Waals surface area contributed by atoms with Crippen LogP contribution in [0.15, 0.2) is 60.7 Å². The number of Topliss-reactive ketones (excluding diaryl/α,β-unsaturated/α-hetero) is 1. The monoisotopic (exact) mass is 434 g/mol. The van der Waals surface area contributed by atoms with E-state index < -0.39 is 23.3 Å². The Bertz CT molecular complexity index is 1130. The van der Waals surface area contributed by atoms with Gasteiger partial charge in [-0.2, -0.15) is 0 Å². The van der Waals surface area contributed by atoms with E-state index in [-0.39, 0.29) is 46.2 Å². The molecule has 9 nitrogen and oxygen atoms in total. The number of anilines is 1. The molecule has 0 unspecified atom stereocenters. The fraction of sp³-hybridized carbons (Fsp3) is 0.217. The molecular formula is C23H18N2O7. The lowest BCUT2D eigenvalue weighted by molar-refractivity contribution is -0.384. The highest BCUT2D eigenvalue weighted by atomic mass is 16.6. The van der Waals surface area contributed by atoms with Crippen LogP contribution in [0, 0.1) is 22.0 Å². The van der Waals surface area contributed by atoms with Crippen LogP contribution in [0.2, 0.25) is 0 Å². The Morgan fingerprint density at radius 3 is 2.19 bits per heavy atom. The minimum absolute atomic E-state index is 0.0904. The molecule has 0 radical (unpaired) electrons. The van der Waals surface area contributed by atoms with Gasteiger partial charge in [0, 0.05) is 17.7 Å². The summed E-state index contributed by atoms with van der Waals surface area (Å²) in [4.78, 5) is 61.4. The van der Waals surface area contributed by atoms with Gasteiger partial charge in [-0.1, -0.05) is 18.2 Å². The Hall–Kier alpha value is -4.14. The molecule has 0 saturated carbocycles. The van der Waals surface area contributed by atoms with E-state index in [4.69, 9.17) is 4.74 Å². The standard InChI is InChI=1S/C23H18N2O7/c26-20(14-8-10-16(11-9-14)25(30)31)13-32-23(29)15-4-3-5-17(12-15)24-21(27)18-6-1-2-7-19(18)22(24)28/h1-5,8-12,18-19H,6-7,13H2/t18-,19-/m1/s1. The number of ether oxygens (including phenoxy) is 1. The minimum Gasteiger partial charge on any atom is -0.454 e. The normalized spacial score (nSPS) is 19.6. The number of ketones is 1. The van der Waals surface area contributed by atoms with Gasteiger partial charge in [0.05, 0.1) is 28.0 Å². The van der Waals surface area contributed by atoms with Crippen LogP contribution in [0.3, 0.4) is 0 Å². The van der Waals surface area contributed by atoms with Crippen molar-refractivity contribution >= 4 is 34.9 Å². The number of hydrogen-bond acceptors (Lipinski definition) is 7. The summed E-state index contributed by atoms with van der Waals surface area (Å²) >= 11 is 0. The van der Waals surface area contributed by atoms with Gasteiger partial charge in [-0.25, -0.2) is 4.79 Å². The number of carbonyl (C=O) groups excluding carboxylic acids is 4. The lowest BCUT2D eigenvalue weighted by Crippen LogP contribution is -2.31. The zero-order valence-electron chi connectivity index (χ0n) is 16.8. The van der Waals surface area contributed by atoms with E-state index in [9.17, 15) is 29.3 Å². The maximum atomic E-state index is 12.7. The van der Waals surface area contributed by atoms with Crippen molar-refractivity contribution < 1.29 is 28.8 Å². The number of carbonyl (C=O) groups is 4. The van der Waals surface area contributed by atoms with Crippen LogP contribution in [0.25, 0.3) is 0 Å². The molecule has 162 valence electrons. The SMILES string of the molecule is O=C(COC(=O)c1cccc(N2C(=O)[C@@H]3CC=CC[C@H]3C2=O)c1)c1ccc([N+](=O)[O-])cc1. The molecule has 4 rings (SSSR count). The van der Waals surface area contributed by atoms with Crippen LogP contribution in [-0.2, 0) is 14.3 Å². The zero-order valence-corrected chi connectivity index (χ0v) is 16.8. The number of esters is 1. The third-order valence-electron chi connectivity index (χ3n) is 5.58. The summed E-state index contributed by atoms with van der Waals surface area (Å²) in [5.74, 6) is -2.66. The van der Waals surface area contributed by atoms with Gasteiger partial charge in [-0.05, 0) is 43.2 Å². The maximum Gasteiger partial charge on any atom is 0.338 e. The van der Waals surface area contributed by atoms with Gasteiger partial charge in [0.2, 0.25) is 11.8 Å². The topological polar surface area (TPSA) is 124 Å². The van der Waals surface area contributed by atoms with Crippen LogP contribution < -0.4 is 4.90 Å². The predicted molar refractivity (Wildman–Crippen MR) is 112 cm³/mol. The van der Waals surface area contributed by atoms with Crippen molar-refractivity contribution in [1.82, 2.24) is 0 Å².